The molecule has 2 aromatic rings. The smallest absolute Gasteiger partial charge is 0.243 e. The summed E-state index contributed by atoms with van der Waals surface area (Å²) in [6.45, 7) is 1.51. The number of ether oxygens (including phenoxy) is 1. The molecular formula is C23H28ClFN2O4S2. The van der Waals surface area contributed by atoms with Crippen molar-refractivity contribution in [3.05, 3.63) is 58.4 Å². The molecule has 0 radical (unpaired) electrons. The molecule has 0 unspecified atom stereocenters. The molecule has 0 aromatic heterocycles. The van der Waals surface area contributed by atoms with Crippen LogP contribution in [0.1, 0.15) is 30.4 Å². The summed E-state index contributed by atoms with van der Waals surface area (Å²) in [6.07, 6.45) is 2.30. The van der Waals surface area contributed by atoms with Gasteiger partial charge in [-0.25, -0.2) is 12.8 Å². The fourth-order valence-electron chi connectivity index (χ4n) is 3.63. The van der Waals surface area contributed by atoms with Crippen molar-refractivity contribution in [2.24, 2.45) is 0 Å². The van der Waals surface area contributed by atoms with Crippen molar-refractivity contribution >= 4 is 39.3 Å². The lowest BCUT2D eigenvalue weighted by atomic mass is 10.1. The van der Waals surface area contributed by atoms with E-state index in [1.54, 1.807) is 30.3 Å². The predicted octanol–water partition coefficient (Wildman–Crippen LogP) is 4.25. The average molecular weight is 515 g/mol. The second kappa shape index (κ2) is 12.1. The van der Waals surface area contributed by atoms with Crippen LogP contribution >= 0.6 is 23.4 Å². The number of carbonyl (C=O) groups is 1. The van der Waals surface area contributed by atoms with Crippen LogP contribution in [0.15, 0.2) is 41.3 Å². The van der Waals surface area contributed by atoms with Crippen LogP contribution in [0, 0.1) is 5.82 Å². The lowest BCUT2D eigenvalue weighted by Crippen LogP contribution is -2.28. The summed E-state index contributed by atoms with van der Waals surface area (Å²) in [4.78, 5) is 12.5. The number of amides is 1. The van der Waals surface area contributed by atoms with Gasteiger partial charge in [0.1, 0.15) is 11.6 Å². The first kappa shape index (κ1) is 25.8. The minimum Gasteiger partial charge on any atom is -0.496 e. The Morgan fingerprint density at radius 2 is 2.00 bits per heavy atom. The van der Waals surface area contributed by atoms with Crippen LogP contribution in [-0.2, 0) is 27.0 Å². The Morgan fingerprint density at radius 3 is 2.70 bits per heavy atom. The van der Waals surface area contributed by atoms with E-state index in [2.05, 4.69) is 5.32 Å². The van der Waals surface area contributed by atoms with E-state index in [0.29, 0.717) is 59.5 Å². The topological polar surface area (TPSA) is 75.7 Å². The number of aryl methyl sites for hydroxylation is 1. The standard InChI is InChI=1S/C23H28ClFN2O4S2/c1-31-22-9-8-18(33(29,30)27-12-2-3-13-27)15-17(22)7-10-23(28)26-11-14-32-16-19-20(24)5-4-6-21(19)25/h4-6,8-9,15H,2-3,7,10-14,16H2,1H3,(H,26,28). The number of carbonyl (C=O) groups excluding carboxylic acids is 1. The Labute approximate surface area is 203 Å². The zero-order valence-corrected chi connectivity index (χ0v) is 20.9. The van der Waals surface area contributed by atoms with Gasteiger partial charge in [0.25, 0.3) is 0 Å². The fourth-order valence-corrected chi connectivity index (χ4v) is 6.40. The highest BCUT2D eigenvalue weighted by atomic mass is 35.5. The molecule has 1 fully saturated rings. The van der Waals surface area contributed by atoms with Crippen molar-refractivity contribution < 1.29 is 22.3 Å². The van der Waals surface area contributed by atoms with Crippen LogP contribution in [0.3, 0.4) is 0 Å². The molecule has 1 amide bonds. The number of hydrogen-bond donors (Lipinski definition) is 1. The highest BCUT2D eigenvalue weighted by Crippen LogP contribution is 2.27. The number of rotatable bonds is 11. The van der Waals surface area contributed by atoms with Crippen LogP contribution in [-0.4, -0.2) is 51.1 Å². The summed E-state index contributed by atoms with van der Waals surface area (Å²) in [5, 5.41) is 3.24. The number of halogens is 2. The SMILES string of the molecule is COc1ccc(S(=O)(=O)N2CCCC2)cc1CCC(=O)NCCSCc1c(F)cccc1Cl. The Balaban J connectivity index is 1.49. The molecule has 0 saturated carbocycles. The Kier molecular flexibility index (Phi) is 9.43. The molecule has 1 saturated heterocycles. The molecule has 0 spiro atoms. The minimum atomic E-state index is -3.54. The van der Waals surface area contributed by atoms with Crippen LogP contribution in [0.4, 0.5) is 4.39 Å². The molecule has 1 aliphatic heterocycles. The molecule has 2 aromatic carbocycles. The van der Waals surface area contributed by atoms with Crippen LogP contribution in [0.2, 0.25) is 5.02 Å². The Hall–Kier alpha value is -1.81. The number of sulfonamides is 1. The molecule has 1 heterocycles. The maximum atomic E-state index is 13.8. The van der Waals surface area contributed by atoms with Crippen molar-refractivity contribution in [3.8, 4) is 5.75 Å². The van der Waals surface area contributed by atoms with Crippen LogP contribution in [0.25, 0.3) is 0 Å². The molecule has 6 nitrogen and oxygen atoms in total. The molecule has 33 heavy (non-hydrogen) atoms. The number of methoxy groups -OCH3 is 1. The largest absolute Gasteiger partial charge is 0.496 e. The maximum absolute atomic E-state index is 13.8. The van der Waals surface area contributed by atoms with Crippen molar-refractivity contribution in [3.63, 3.8) is 0 Å². The van der Waals surface area contributed by atoms with Crippen molar-refractivity contribution in [2.75, 3.05) is 32.5 Å². The van der Waals surface area contributed by atoms with Crippen molar-refractivity contribution in [1.82, 2.24) is 9.62 Å². The Bertz CT molecular complexity index is 1060. The van der Waals surface area contributed by atoms with E-state index < -0.39 is 10.0 Å². The monoisotopic (exact) mass is 514 g/mol. The third-order valence-electron chi connectivity index (χ3n) is 5.45. The number of nitrogens with one attached hydrogen (secondary N) is 1. The van der Waals surface area contributed by atoms with E-state index in [0.717, 1.165) is 12.8 Å². The van der Waals surface area contributed by atoms with Gasteiger partial charge in [-0.15, -0.1) is 0 Å². The first-order chi connectivity index (χ1) is 15.8. The average Bonchev–Trinajstić information content (AvgIpc) is 3.35. The van der Waals surface area contributed by atoms with Gasteiger partial charge in [0.15, 0.2) is 0 Å². The van der Waals surface area contributed by atoms with Gasteiger partial charge in [-0.05, 0) is 55.2 Å². The first-order valence-corrected chi connectivity index (χ1v) is 13.7. The summed E-state index contributed by atoms with van der Waals surface area (Å²) >= 11 is 7.50. The second-order valence-corrected chi connectivity index (χ2v) is 11.1. The lowest BCUT2D eigenvalue weighted by molar-refractivity contribution is -0.120. The Morgan fingerprint density at radius 1 is 1.24 bits per heavy atom. The highest BCUT2D eigenvalue weighted by Gasteiger charge is 2.27. The van der Waals surface area contributed by atoms with Gasteiger partial charge in [0, 0.05) is 48.1 Å². The third-order valence-corrected chi connectivity index (χ3v) is 8.69. The molecule has 0 bridgehead atoms. The molecular weight excluding hydrogens is 487 g/mol. The minimum absolute atomic E-state index is 0.144. The van der Waals surface area contributed by atoms with Gasteiger partial charge < -0.3 is 10.1 Å². The van der Waals surface area contributed by atoms with Crippen molar-refractivity contribution in [2.45, 2.75) is 36.3 Å². The van der Waals surface area contributed by atoms with E-state index in [1.165, 1.54) is 29.2 Å². The van der Waals surface area contributed by atoms with Gasteiger partial charge in [0.2, 0.25) is 15.9 Å². The fraction of sp³-hybridized carbons (Fsp3) is 0.435. The van der Waals surface area contributed by atoms with Gasteiger partial charge in [-0.3, -0.25) is 4.79 Å². The van der Waals surface area contributed by atoms with Gasteiger partial charge >= 0.3 is 0 Å². The quantitative estimate of drug-likeness (QED) is 0.454. The second-order valence-electron chi connectivity index (χ2n) is 7.69. The van der Waals surface area contributed by atoms with E-state index >= 15 is 0 Å². The highest BCUT2D eigenvalue weighted by molar-refractivity contribution is 7.98. The number of benzene rings is 2. The van der Waals surface area contributed by atoms with E-state index in [4.69, 9.17) is 16.3 Å². The zero-order valence-electron chi connectivity index (χ0n) is 18.5. The summed E-state index contributed by atoms with van der Waals surface area (Å²) in [5.74, 6) is 1.12. The van der Waals surface area contributed by atoms with E-state index in [1.807, 2.05) is 0 Å². The number of thioether (sulfide) groups is 1. The maximum Gasteiger partial charge on any atom is 0.243 e. The van der Waals surface area contributed by atoms with Crippen LogP contribution < -0.4 is 10.1 Å². The summed E-state index contributed by atoms with van der Waals surface area (Å²) < 4.78 is 46.3. The van der Waals surface area contributed by atoms with Gasteiger partial charge in [0.05, 0.1) is 12.0 Å². The van der Waals surface area contributed by atoms with Gasteiger partial charge in [-0.2, -0.15) is 16.1 Å². The molecule has 1 N–H and O–H groups in total. The normalized spacial score (nSPS) is 14.4. The molecule has 0 aliphatic carbocycles. The third kappa shape index (κ3) is 6.85. The van der Waals surface area contributed by atoms with Gasteiger partial charge in [-0.1, -0.05) is 17.7 Å². The van der Waals surface area contributed by atoms with E-state index in [-0.39, 0.29) is 23.0 Å². The number of nitrogens with zero attached hydrogens (tertiary/aromatic N) is 1. The molecule has 0 atom stereocenters. The molecule has 3 rings (SSSR count). The summed E-state index contributed by atoms with van der Waals surface area (Å²) in [5.41, 5.74) is 1.14. The number of hydrogen-bond acceptors (Lipinski definition) is 5. The summed E-state index contributed by atoms with van der Waals surface area (Å²) in [6, 6.07) is 9.40. The molecule has 10 heteroatoms. The first-order valence-electron chi connectivity index (χ1n) is 10.8. The lowest BCUT2D eigenvalue weighted by Gasteiger charge is -2.17. The summed E-state index contributed by atoms with van der Waals surface area (Å²) in [7, 11) is -2.02. The molecule has 1 aliphatic rings. The predicted molar refractivity (Wildman–Crippen MR) is 130 cm³/mol. The zero-order chi connectivity index (χ0) is 23.8. The van der Waals surface area contributed by atoms with Crippen molar-refractivity contribution in [1.29, 1.82) is 0 Å². The van der Waals surface area contributed by atoms with E-state index in [9.17, 15) is 17.6 Å². The van der Waals surface area contributed by atoms with Crippen LogP contribution in [0.5, 0.6) is 5.75 Å². The molecule has 180 valence electrons.